The van der Waals surface area contributed by atoms with Gasteiger partial charge in [-0.1, -0.05) is 35.8 Å². The maximum atomic E-state index is 14.1. The van der Waals surface area contributed by atoms with Crippen molar-refractivity contribution >= 4 is 35.3 Å². The molecule has 12 nitrogen and oxygen atoms in total. The molecule has 3 aromatic rings. The fraction of sp³-hybridized carbons (Fsp3) is 0.385. The van der Waals surface area contributed by atoms with Crippen LogP contribution in [0.2, 0.25) is 5.02 Å². The third kappa shape index (κ3) is 6.95. The number of aromatic nitrogens is 3. The number of ether oxygens (including phenoxy) is 1. The van der Waals surface area contributed by atoms with Crippen molar-refractivity contribution < 1.29 is 32.5 Å². The molecule has 2 aromatic heterocycles. The number of benzene rings is 1. The summed E-state index contributed by atoms with van der Waals surface area (Å²) in [4.78, 5) is 44.2. The molecule has 2 atom stereocenters. The van der Waals surface area contributed by atoms with E-state index in [1.165, 1.54) is 25.4 Å². The number of amides is 4. The summed E-state index contributed by atoms with van der Waals surface area (Å²) in [6.45, 7) is 1.86. The minimum absolute atomic E-state index is 0.0556. The fourth-order valence-corrected chi connectivity index (χ4v) is 4.46. The van der Waals surface area contributed by atoms with Gasteiger partial charge in [-0.3, -0.25) is 9.59 Å². The van der Waals surface area contributed by atoms with Crippen LogP contribution in [0, 0.1) is 6.92 Å². The largest absolute Gasteiger partial charge is 0.382 e. The second-order valence-corrected chi connectivity index (χ2v) is 9.81. The van der Waals surface area contributed by atoms with Crippen molar-refractivity contribution in [3.05, 3.63) is 69.6 Å². The predicted octanol–water partition coefficient (Wildman–Crippen LogP) is 3.45. The number of hydrogen-bond donors (Lipinski definition) is 3. The highest BCUT2D eigenvalue weighted by Crippen LogP contribution is 2.29. The Hall–Kier alpha value is -4.17. The Balaban J connectivity index is 1.62. The number of hydrogen-bond acceptors (Lipinski definition) is 8. The summed E-state index contributed by atoms with van der Waals surface area (Å²) >= 11 is 6.17. The Bertz CT molecular complexity index is 1440. The number of carbonyl (C=O) groups is 3. The van der Waals surface area contributed by atoms with Crippen molar-refractivity contribution in [3.8, 4) is 0 Å². The van der Waals surface area contributed by atoms with Crippen LogP contribution in [0.15, 0.2) is 41.2 Å². The zero-order chi connectivity index (χ0) is 29.7. The molecule has 3 heterocycles. The van der Waals surface area contributed by atoms with Crippen LogP contribution in [-0.2, 0) is 16.0 Å². The standard InChI is InChI=1S/C26H28ClF2N7O5/c1-4-18-22(35-41-34-18)24(38)33-21(16-5-6-17(27)14(2)9-16)23(37)32-20-10-15(7-8-30-20)19(11-40-3)36-13-26(28,29)12-31-25(36)39/h5-10,19,21H,4,11-13H2,1-3H3,(H,31,39)(H,33,38)(H,30,32,37)/t19-,21+/m1/s1. The summed E-state index contributed by atoms with van der Waals surface area (Å²) < 4.78 is 38.2. The molecule has 0 saturated carbocycles. The first-order valence-corrected chi connectivity index (χ1v) is 13.0. The van der Waals surface area contributed by atoms with Gasteiger partial charge >= 0.3 is 6.03 Å². The van der Waals surface area contributed by atoms with E-state index in [4.69, 9.17) is 16.3 Å². The number of carbonyl (C=O) groups excluding carboxylic acids is 3. The normalized spacial score (nSPS) is 16.0. The Morgan fingerprint density at radius 1 is 1.24 bits per heavy atom. The molecule has 15 heteroatoms. The molecule has 1 aliphatic heterocycles. The van der Waals surface area contributed by atoms with E-state index in [-0.39, 0.29) is 18.1 Å². The average molecular weight is 592 g/mol. The summed E-state index contributed by atoms with van der Waals surface area (Å²) in [6.07, 6.45) is 1.74. The summed E-state index contributed by atoms with van der Waals surface area (Å²) in [6, 6.07) is 5.04. The number of rotatable bonds is 10. The number of nitrogens with zero attached hydrogens (tertiary/aromatic N) is 4. The lowest BCUT2D eigenvalue weighted by atomic mass is 10.0. The highest BCUT2D eigenvalue weighted by atomic mass is 35.5. The van der Waals surface area contributed by atoms with Crippen LogP contribution in [0.4, 0.5) is 19.4 Å². The maximum absolute atomic E-state index is 14.1. The van der Waals surface area contributed by atoms with Crippen LogP contribution in [0.1, 0.15) is 51.9 Å². The van der Waals surface area contributed by atoms with E-state index >= 15 is 0 Å². The van der Waals surface area contributed by atoms with Gasteiger partial charge in [-0.05, 0) is 53.4 Å². The topological polar surface area (TPSA) is 152 Å². The number of aryl methyl sites for hydroxylation is 2. The van der Waals surface area contributed by atoms with Gasteiger partial charge in [-0.2, -0.15) is 0 Å². The lowest BCUT2D eigenvalue weighted by Gasteiger charge is -2.38. The van der Waals surface area contributed by atoms with E-state index in [0.717, 1.165) is 4.90 Å². The molecule has 0 bridgehead atoms. The molecule has 0 radical (unpaired) electrons. The van der Waals surface area contributed by atoms with E-state index in [1.807, 2.05) is 0 Å². The average Bonchev–Trinajstić information content (AvgIpc) is 3.43. The van der Waals surface area contributed by atoms with Crippen molar-refractivity contribution in [3.63, 3.8) is 0 Å². The van der Waals surface area contributed by atoms with Gasteiger partial charge in [-0.25, -0.2) is 23.2 Å². The van der Waals surface area contributed by atoms with Gasteiger partial charge in [0.25, 0.3) is 17.7 Å². The molecule has 218 valence electrons. The summed E-state index contributed by atoms with van der Waals surface area (Å²) in [7, 11) is 1.38. The van der Waals surface area contributed by atoms with Crippen LogP contribution < -0.4 is 16.0 Å². The minimum atomic E-state index is -3.14. The third-order valence-electron chi connectivity index (χ3n) is 6.44. The lowest BCUT2D eigenvalue weighted by Crippen LogP contribution is -2.58. The number of methoxy groups -OCH3 is 1. The second-order valence-electron chi connectivity index (χ2n) is 9.41. The molecule has 4 amide bonds. The molecule has 1 aliphatic rings. The monoisotopic (exact) mass is 591 g/mol. The molecule has 0 spiro atoms. The molecule has 0 aliphatic carbocycles. The van der Waals surface area contributed by atoms with Crippen molar-refractivity contribution in [2.24, 2.45) is 0 Å². The fourth-order valence-electron chi connectivity index (χ4n) is 4.34. The SMILES string of the molecule is CCc1nonc1C(=O)N[C@H](C(=O)Nc1cc([C@@H](COC)N2CC(F)(F)CNC2=O)ccn1)c1ccc(Cl)c(C)c1. The zero-order valence-electron chi connectivity index (χ0n) is 22.4. The molecule has 4 rings (SSSR count). The van der Waals surface area contributed by atoms with Crippen molar-refractivity contribution in [2.45, 2.75) is 38.3 Å². The predicted molar refractivity (Wildman–Crippen MR) is 143 cm³/mol. The molecule has 1 aromatic carbocycles. The van der Waals surface area contributed by atoms with Crippen molar-refractivity contribution in [1.82, 2.24) is 30.8 Å². The van der Waals surface area contributed by atoms with E-state index in [0.29, 0.717) is 33.8 Å². The van der Waals surface area contributed by atoms with Crippen LogP contribution >= 0.6 is 11.6 Å². The molecule has 3 N–H and O–H groups in total. The Labute approximate surface area is 238 Å². The maximum Gasteiger partial charge on any atom is 0.318 e. The molecule has 1 saturated heterocycles. The number of nitrogens with one attached hydrogen (secondary N) is 3. The summed E-state index contributed by atoms with van der Waals surface area (Å²) in [5, 5.41) is 15.3. The van der Waals surface area contributed by atoms with E-state index < -0.39 is 48.9 Å². The molecular formula is C26H28ClF2N7O5. The first kappa shape index (κ1) is 29.8. The van der Waals surface area contributed by atoms with Crippen LogP contribution in [-0.4, -0.2) is 70.8 Å². The Morgan fingerprint density at radius 3 is 2.73 bits per heavy atom. The van der Waals surface area contributed by atoms with Gasteiger partial charge in [0.15, 0.2) is 5.69 Å². The van der Waals surface area contributed by atoms with Gasteiger partial charge in [0, 0.05) is 18.3 Å². The Morgan fingerprint density at radius 2 is 2.02 bits per heavy atom. The van der Waals surface area contributed by atoms with E-state index in [2.05, 4.69) is 35.9 Å². The molecule has 41 heavy (non-hydrogen) atoms. The second kappa shape index (κ2) is 12.6. The molecule has 1 fully saturated rings. The summed E-state index contributed by atoms with van der Waals surface area (Å²) in [5.74, 6) is -4.43. The van der Waals surface area contributed by atoms with Crippen LogP contribution in [0.3, 0.4) is 0 Å². The lowest BCUT2D eigenvalue weighted by molar-refractivity contribution is -0.118. The Kier molecular flexibility index (Phi) is 9.13. The van der Waals surface area contributed by atoms with Crippen molar-refractivity contribution in [2.75, 3.05) is 32.1 Å². The first-order chi connectivity index (χ1) is 19.5. The number of pyridine rings is 1. The molecule has 0 unspecified atom stereocenters. The number of anilines is 1. The minimum Gasteiger partial charge on any atom is -0.382 e. The number of alkyl halides is 2. The van der Waals surface area contributed by atoms with Gasteiger partial charge in [-0.15, -0.1) is 0 Å². The van der Waals surface area contributed by atoms with Gasteiger partial charge in [0.1, 0.15) is 17.6 Å². The van der Waals surface area contributed by atoms with E-state index in [1.54, 1.807) is 32.0 Å². The van der Waals surface area contributed by atoms with Crippen molar-refractivity contribution in [1.29, 1.82) is 0 Å². The smallest absolute Gasteiger partial charge is 0.318 e. The van der Waals surface area contributed by atoms with Crippen LogP contribution in [0.5, 0.6) is 0 Å². The highest BCUT2D eigenvalue weighted by molar-refractivity contribution is 6.31. The van der Waals surface area contributed by atoms with Gasteiger partial charge in [0.2, 0.25) is 0 Å². The number of urea groups is 1. The third-order valence-corrected chi connectivity index (χ3v) is 6.87. The quantitative estimate of drug-likeness (QED) is 0.324. The summed E-state index contributed by atoms with van der Waals surface area (Å²) in [5.41, 5.74) is 1.75. The number of halogens is 3. The van der Waals surface area contributed by atoms with Crippen LogP contribution in [0.25, 0.3) is 0 Å². The molecular weight excluding hydrogens is 564 g/mol. The van der Waals surface area contributed by atoms with Gasteiger partial charge in [0.05, 0.1) is 25.7 Å². The zero-order valence-corrected chi connectivity index (χ0v) is 23.2. The highest BCUT2D eigenvalue weighted by Gasteiger charge is 2.42. The first-order valence-electron chi connectivity index (χ1n) is 12.6. The van der Waals surface area contributed by atoms with E-state index in [9.17, 15) is 23.2 Å². The van der Waals surface area contributed by atoms with Gasteiger partial charge < -0.3 is 25.6 Å².